The highest BCUT2D eigenvalue weighted by Crippen LogP contribution is 2.25. The van der Waals surface area contributed by atoms with Crippen molar-refractivity contribution in [1.29, 1.82) is 0 Å². The lowest BCUT2D eigenvalue weighted by Gasteiger charge is -2.23. The van der Waals surface area contributed by atoms with Crippen molar-refractivity contribution in [1.82, 2.24) is 15.3 Å². The van der Waals surface area contributed by atoms with Crippen LogP contribution in [0.3, 0.4) is 0 Å². The summed E-state index contributed by atoms with van der Waals surface area (Å²) in [6.45, 7) is 4.05. The van der Waals surface area contributed by atoms with Crippen molar-refractivity contribution in [3.8, 4) is 5.75 Å². The third-order valence-electron chi connectivity index (χ3n) is 3.17. The molecule has 4 nitrogen and oxygen atoms in total. The Hall–Kier alpha value is -1.55. The summed E-state index contributed by atoms with van der Waals surface area (Å²) >= 11 is 0. The molecule has 0 amide bonds. The second-order valence-electron chi connectivity index (χ2n) is 4.54. The number of hydrogen-bond donors (Lipinski definition) is 2. The van der Waals surface area contributed by atoms with Crippen LogP contribution < -0.4 is 10.1 Å². The second kappa shape index (κ2) is 4.37. The van der Waals surface area contributed by atoms with Gasteiger partial charge in [0, 0.05) is 0 Å². The van der Waals surface area contributed by atoms with Crippen LogP contribution in [0.15, 0.2) is 18.2 Å². The van der Waals surface area contributed by atoms with Crippen molar-refractivity contribution in [3.05, 3.63) is 24.0 Å². The summed E-state index contributed by atoms with van der Waals surface area (Å²) in [7, 11) is 0. The van der Waals surface area contributed by atoms with Gasteiger partial charge in [0.15, 0.2) is 0 Å². The monoisotopic (exact) mass is 231 g/mol. The van der Waals surface area contributed by atoms with Crippen LogP contribution in [0.4, 0.5) is 0 Å². The van der Waals surface area contributed by atoms with Gasteiger partial charge in [0.05, 0.1) is 5.52 Å². The zero-order valence-corrected chi connectivity index (χ0v) is 9.99. The Morgan fingerprint density at radius 2 is 2.12 bits per heavy atom. The summed E-state index contributed by atoms with van der Waals surface area (Å²) in [5.74, 6) is 1.83. The normalized spacial score (nSPS) is 17.5. The smallest absolute Gasteiger partial charge is 0.147 e. The average Bonchev–Trinajstić information content (AvgIpc) is 2.72. The average molecular weight is 231 g/mol. The number of aromatic amines is 1. The SMILES string of the molecule is Cc1nc2c(OC3CCNCC3)cccc2[nH]1. The third-order valence-corrected chi connectivity index (χ3v) is 3.17. The number of H-pyrrole nitrogens is 1. The van der Waals surface area contributed by atoms with Crippen LogP contribution in [0, 0.1) is 6.92 Å². The first kappa shape index (κ1) is 10.6. The van der Waals surface area contributed by atoms with Crippen LogP contribution in [0.5, 0.6) is 5.75 Å². The number of fused-ring (bicyclic) bond motifs is 1. The minimum Gasteiger partial charge on any atom is -0.488 e. The lowest BCUT2D eigenvalue weighted by atomic mass is 10.1. The maximum absolute atomic E-state index is 6.06. The Labute approximate surface area is 100 Å². The van der Waals surface area contributed by atoms with Crippen LogP contribution >= 0.6 is 0 Å². The van der Waals surface area contributed by atoms with Gasteiger partial charge in [0.2, 0.25) is 0 Å². The zero-order valence-electron chi connectivity index (χ0n) is 9.99. The molecule has 90 valence electrons. The lowest BCUT2D eigenvalue weighted by Crippen LogP contribution is -2.34. The van der Waals surface area contributed by atoms with Crippen molar-refractivity contribution in [2.24, 2.45) is 0 Å². The maximum Gasteiger partial charge on any atom is 0.147 e. The van der Waals surface area contributed by atoms with E-state index in [9.17, 15) is 0 Å². The molecule has 3 rings (SSSR count). The van der Waals surface area contributed by atoms with Crippen LogP contribution in [-0.2, 0) is 0 Å². The first-order chi connectivity index (χ1) is 8.33. The molecule has 1 saturated heterocycles. The van der Waals surface area contributed by atoms with Crippen molar-refractivity contribution < 1.29 is 4.74 Å². The molecule has 0 radical (unpaired) electrons. The van der Waals surface area contributed by atoms with E-state index < -0.39 is 0 Å². The number of nitrogens with zero attached hydrogens (tertiary/aromatic N) is 1. The molecule has 0 saturated carbocycles. The van der Waals surface area contributed by atoms with Crippen molar-refractivity contribution in [2.75, 3.05) is 13.1 Å². The first-order valence-corrected chi connectivity index (χ1v) is 6.15. The summed E-state index contributed by atoms with van der Waals surface area (Å²) < 4.78 is 6.06. The molecular weight excluding hydrogens is 214 g/mol. The number of benzene rings is 1. The number of para-hydroxylation sites is 1. The highest BCUT2D eigenvalue weighted by molar-refractivity contribution is 5.81. The lowest BCUT2D eigenvalue weighted by molar-refractivity contribution is 0.164. The number of rotatable bonds is 2. The summed E-state index contributed by atoms with van der Waals surface area (Å²) in [5, 5.41) is 3.34. The van der Waals surface area contributed by atoms with Gasteiger partial charge in [-0.15, -0.1) is 0 Å². The number of hydrogen-bond acceptors (Lipinski definition) is 3. The molecule has 1 aliphatic heterocycles. The summed E-state index contributed by atoms with van der Waals surface area (Å²) in [6.07, 6.45) is 2.46. The van der Waals surface area contributed by atoms with E-state index in [1.165, 1.54) is 0 Å². The van der Waals surface area contributed by atoms with Crippen LogP contribution in [0.2, 0.25) is 0 Å². The first-order valence-electron chi connectivity index (χ1n) is 6.15. The predicted molar refractivity (Wildman–Crippen MR) is 67.4 cm³/mol. The predicted octanol–water partition coefficient (Wildman–Crippen LogP) is 2.00. The van der Waals surface area contributed by atoms with E-state index in [4.69, 9.17) is 4.74 Å². The van der Waals surface area contributed by atoms with Crippen molar-refractivity contribution in [2.45, 2.75) is 25.9 Å². The van der Waals surface area contributed by atoms with E-state index >= 15 is 0 Å². The van der Waals surface area contributed by atoms with Gasteiger partial charge in [-0.3, -0.25) is 0 Å². The molecular formula is C13H17N3O. The second-order valence-corrected chi connectivity index (χ2v) is 4.54. The van der Waals surface area contributed by atoms with Gasteiger partial charge in [-0.05, 0) is 45.0 Å². The number of imidazole rings is 1. The molecule has 2 heterocycles. The van der Waals surface area contributed by atoms with E-state index in [2.05, 4.69) is 15.3 Å². The van der Waals surface area contributed by atoms with E-state index in [-0.39, 0.29) is 0 Å². The Bertz CT molecular complexity index is 514. The molecule has 1 aliphatic rings. The Kier molecular flexibility index (Phi) is 2.73. The minimum atomic E-state index is 0.318. The van der Waals surface area contributed by atoms with Gasteiger partial charge in [0.1, 0.15) is 23.2 Å². The summed E-state index contributed by atoms with van der Waals surface area (Å²) in [4.78, 5) is 7.72. The molecule has 17 heavy (non-hydrogen) atoms. The molecule has 4 heteroatoms. The van der Waals surface area contributed by atoms with Gasteiger partial charge in [-0.2, -0.15) is 0 Å². The number of ether oxygens (including phenoxy) is 1. The molecule has 0 spiro atoms. The number of aromatic nitrogens is 2. The fourth-order valence-electron chi connectivity index (χ4n) is 2.32. The number of piperidine rings is 1. The molecule has 0 unspecified atom stereocenters. The van der Waals surface area contributed by atoms with Crippen molar-refractivity contribution >= 4 is 11.0 Å². The molecule has 1 aromatic heterocycles. The number of nitrogens with one attached hydrogen (secondary N) is 2. The van der Waals surface area contributed by atoms with E-state index in [1.54, 1.807) is 0 Å². The maximum atomic E-state index is 6.06. The molecule has 2 N–H and O–H groups in total. The van der Waals surface area contributed by atoms with E-state index in [0.717, 1.165) is 48.5 Å². The van der Waals surface area contributed by atoms with Gasteiger partial charge < -0.3 is 15.0 Å². The highest BCUT2D eigenvalue weighted by atomic mass is 16.5. The van der Waals surface area contributed by atoms with Crippen LogP contribution in [0.1, 0.15) is 18.7 Å². The Morgan fingerprint density at radius 1 is 1.29 bits per heavy atom. The Balaban J connectivity index is 1.88. The van der Waals surface area contributed by atoms with Gasteiger partial charge in [0.25, 0.3) is 0 Å². The topological polar surface area (TPSA) is 49.9 Å². The summed E-state index contributed by atoms with van der Waals surface area (Å²) in [5.41, 5.74) is 2.00. The van der Waals surface area contributed by atoms with E-state index in [1.807, 2.05) is 25.1 Å². The van der Waals surface area contributed by atoms with E-state index in [0.29, 0.717) is 6.10 Å². The standard InChI is InChI=1S/C13H17N3O/c1-9-15-11-3-2-4-12(13(11)16-9)17-10-5-7-14-8-6-10/h2-4,10,14H,5-8H2,1H3,(H,15,16). The van der Waals surface area contributed by atoms with Crippen molar-refractivity contribution in [3.63, 3.8) is 0 Å². The molecule has 1 aromatic carbocycles. The molecule has 2 aromatic rings. The Morgan fingerprint density at radius 3 is 2.94 bits per heavy atom. The largest absolute Gasteiger partial charge is 0.488 e. The van der Waals surface area contributed by atoms with Gasteiger partial charge >= 0.3 is 0 Å². The fourth-order valence-corrected chi connectivity index (χ4v) is 2.32. The zero-order chi connectivity index (χ0) is 11.7. The summed E-state index contributed by atoms with van der Waals surface area (Å²) in [6, 6.07) is 6.05. The minimum absolute atomic E-state index is 0.318. The quantitative estimate of drug-likeness (QED) is 0.831. The van der Waals surface area contributed by atoms with Gasteiger partial charge in [-0.25, -0.2) is 4.98 Å². The third kappa shape index (κ3) is 2.13. The van der Waals surface area contributed by atoms with Gasteiger partial charge in [-0.1, -0.05) is 6.07 Å². The van der Waals surface area contributed by atoms with Crippen LogP contribution in [-0.4, -0.2) is 29.2 Å². The molecule has 0 aliphatic carbocycles. The molecule has 0 bridgehead atoms. The van der Waals surface area contributed by atoms with Crippen LogP contribution in [0.25, 0.3) is 11.0 Å². The molecule has 1 fully saturated rings. The fraction of sp³-hybridized carbons (Fsp3) is 0.462. The highest BCUT2D eigenvalue weighted by Gasteiger charge is 2.16. The number of aryl methyl sites for hydroxylation is 1. The molecule has 0 atom stereocenters.